The molecule has 0 bridgehead atoms. The van der Waals surface area contributed by atoms with Crippen molar-refractivity contribution in [2.24, 2.45) is 0 Å². The normalized spacial score (nSPS) is 10.4. The first-order chi connectivity index (χ1) is 8.50. The Morgan fingerprint density at radius 1 is 1.17 bits per heavy atom. The molecule has 92 valence electrons. The monoisotopic (exact) mass is 282 g/mol. The van der Waals surface area contributed by atoms with Crippen molar-refractivity contribution in [1.29, 1.82) is 0 Å². The minimum Gasteiger partial charge on any atom is -0.289 e. The van der Waals surface area contributed by atoms with Crippen LogP contribution in [0.25, 0.3) is 0 Å². The molecule has 0 aliphatic rings. The molecule has 0 aliphatic carbocycles. The molecular formula is C14H9Cl2FO. The predicted octanol–water partition coefficient (Wildman–Crippen LogP) is 4.67. The maximum Gasteiger partial charge on any atom is 0.194 e. The van der Waals surface area contributed by atoms with E-state index in [-0.39, 0.29) is 16.4 Å². The highest BCUT2D eigenvalue weighted by molar-refractivity contribution is 6.35. The lowest BCUT2D eigenvalue weighted by molar-refractivity contribution is 0.103. The van der Waals surface area contributed by atoms with Crippen LogP contribution < -0.4 is 0 Å². The Labute approximate surface area is 114 Å². The maximum absolute atomic E-state index is 13.3. The number of carbonyl (C=O) groups is 1. The summed E-state index contributed by atoms with van der Waals surface area (Å²) in [6.07, 6.45) is 0. The molecule has 18 heavy (non-hydrogen) atoms. The summed E-state index contributed by atoms with van der Waals surface area (Å²) >= 11 is 11.7. The van der Waals surface area contributed by atoms with Gasteiger partial charge in [-0.15, -0.1) is 0 Å². The van der Waals surface area contributed by atoms with Crippen LogP contribution in [0.4, 0.5) is 4.39 Å². The Balaban J connectivity index is 2.48. The van der Waals surface area contributed by atoms with Crippen LogP contribution in [-0.2, 0) is 0 Å². The van der Waals surface area contributed by atoms with E-state index in [1.807, 2.05) is 0 Å². The number of carbonyl (C=O) groups excluding carboxylic acids is 1. The lowest BCUT2D eigenvalue weighted by Gasteiger charge is -2.06. The fourth-order valence-corrected chi connectivity index (χ4v) is 1.95. The van der Waals surface area contributed by atoms with Crippen molar-refractivity contribution in [2.45, 2.75) is 6.92 Å². The quantitative estimate of drug-likeness (QED) is 0.732. The molecule has 0 fully saturated rings. The second kappa shape index (κ2) is 5.09. The SMILES string of the molecule is Cc1cc(C(=O)c2cccc(F)c2Cl)ccc1Cl. The number of hydrogen-bond donors (Lipinski definition) is 0. The molecule has 0 radical (unpaired) electrons. The summed E-state index contributed by atoms with van der Waals surface area (Å²) in [5, 5.41) is 0.423. The zero-order valence-corrected chi connectivity index (χ0v) is 11.0. The highest BCUT2D eigenvalue weighted by Gasteiger charge is 2.15. The molecule has 0 amide bonds. The van der Waals surface area contributed by atoms with Crippen LogP contribution >= 0.6 is 23.2 Å². The maximum atomic E-state index is 13.3. The lowest BCUT2D eigenvalue weighted by atomic mass is 10.0. The van der Waals surface area contributed by atoms with E-state index in [1.165, 1.54) is 18.2 Å². The predicted molar refractivity (Wildman–Crippen MR) is 71.0 cm³/mol. The summed E-state index contributed by atoms with van der Waals surface area (Å²) in [4.78, 5) is 12.2. The first-order valence-corrected chi connectivity index (χ1v) is 6.01. The van der Waals surface area contributed by atoms with Crippen LogP contribution in [-0.4, -0.2) is 5.78 Å². The van der Waals surface area contributed by atoms with Crippen molar-refractivity contribution in [3.63, 3.8) is 0 Å². The molecule has 4 heteroatoms. The number of aryl methyl sites for hydroxylation is 1. The summed E-state index contributed by atoms with van der Waals surface area (Å²) in [5.41, 5.74) is 1.37. The highest BCUT2D eigenvalue weighted by Crippen LogP contribution is 2.24. The molecule has 0 saturated carbocycles. The average Bonchev–Trinajstić information content (AvgIpc) is 2.35. The Bertz CT molecular complexity index is 623. The van der Waals surface area contributed by atoms with Gasteiger partial charge < -0.3 is 0 Å². The third-order valence-corrected chi connectivity index (χ3v) is 3.42. The second-order valence-corrected chi connectivity index (χ2v) is 4.68. The number of rotatable bonds is 2. The second-order valence-electron chi connectivity index (χ2n) is 3.89. The first-order valence-electron chi connectivity index (χ1n) is 5.25. The molecule has 0 saturated heterocycles. The van der Waals surface area contributed by atoms with Gasteiger partial charge in [-0.1, -0.05) is 29.3 Å². The summed E-state index contributed by atoms with van der Waals surface area (Å²) < 4.78 is 13.3. The van der Waals surface area contributed by atoms with Gasteiger partial charge in [0.2, 0.25) is 0 Å². The van der Waals surface area contributed by atoms with E-state index in [0.717, 1.165) is 5.56 Å². The van der Waals surface area contributed by atoms with Gasteiger partial charge in [-0.05, 0) is 42.8 Å². The third-order valence-electron chi connectivity index (χ3n) is 2.62. The van der Waals surface area contributed by atoms with Gasteiger partial charge in [-0.2, -0.15) is 0 Å². The molecule has 0 atom stereocenters. The molecule has 2 aromatic carbocycles. The van der Waals surface area contributed by atoms with E-state index in [0.29, 0.717) is 10.6 Å². The van der Waals surface area contributed by atoms with Gasteiger partial charge in [0, 0.05) is 16.1 Å². The van der Waals surface area contributed by atoms with Crippen molar-refractivity contribution < 1.29 is 9.18 Å². The molecule has 0 spiro atoms. The molecule has 1 nitrogen and oxygen atoms in total. The van der Waals surface area contributed by atoms with E-state index >= 15 is 0 Å². The minimum absolute atomic E-state index is 0.151. The zero-order chi connectivity index (χ0) is 13.3. The smallest absolute Gasteiger partial charge is 0.194 e. The molecule has 0 N–H and O–H groups in total. The topological polar surface area (TPSA) is 17.1 Å². The number of hydrogen-bond acceptors (Lipinski definition) is 1. The average molecular weight is 283 g/mol. The van der Waals surface area contributed by atoms with Crippen molar-refractivity contribution in [1.82, 2.24) is 0 Å². The van der Waals surface area contributed by atoms with Crippen molar-refractivity contribution in [3.05, 3.63) is 69.0 Å². The highest BCUT2D eigenvalue weighted by atomic mass is 35.5. The van der Waals surface area contributed by atoms with Crippen molar-refractivity contribution in [3.8, 4) is 0 Å². The van der Waals surface area contributed by atoms with E-state index in [4.69, 9.17) is 23.2 Å². The minimum atomic E-state index is -0.604. The molecule has 0 unspecified atom stereocenters. The number of ketones is 1. The van der Waals surface area contributed by atoms with Gasteiger partial charge in [0.25, 0.3) is 0 Å². The lowest BCUT2D eigenvalue weighted by Crippen LogP contribution is -2.03. The largest absolute Gasteiger partial charge is 0.289 e. The standard InChI is InChI=1S/C14H9Cl2FO/c1-8-7-9(5-6-11(8)15)14(18)10-3-2-4-12(17)13(10)16/h2-7H,1H3. The summed E-state index contributed by atoms with van der Waals surface area (Å²) in [6.45, 7) is 1.80. The van der Waals surface area contributed by atoms with Crippen LogP contribution in [0.15, 0.2) is 36.4 Å². The van der Waals surface area contributed by atoms with Crippen LogP contribution in [0.2, 0.25) is 10.0 Å². The van der Waals surface area contributed by atoms with Gasteiger partial charge in [0.1, 0.15) is 5.82 Å². The Hall–Kier alpha value is -1.38. The Morgan fingerprint density at radius 3 is 2.56 bits per heavy atom. The van der Waals surface area contributed by atoms with Crippen LogP contribution in [0.1, 0.15) is 21.5 Å². The Morgan fingerprint density at radius 2 is 1.89 bits per heavy atom. The van der Waals surface area contributed by atoms with Gasteiger partial charge in [-0.3, -0.25) is 4.79 Å². The molecule has 2 rings (SSSR count). The molecule has 0 aliphatic heterocycles. The Kier molecular flexibility index (Phi) is 3.69. The summed E-state index contributed by atoms with van der Waals surface area (Å²) in [5.74, 6) is -0.924. The van der Waals surface area contributed by atoms with Crippen LogP contribution in [0.3, 0.4) is 0 Å². The van der Waals surface area contributed by atoms with Crippen molar-refractivity contribution in [2.75, 3.05) is 0 Å². The first kappa shape index (κ1) is 13.1. The van der Waals surface area contributed by atoms with Crippen LogP contribution in [0.5, 0.6) is 0 Å². The molecule has 0 heterocycles. The van der Waals surface area contributed by atoms with E-state index in [9.17, 15) is 9.18 Å². The van der Waals surface area contributed by atoms with E-state index < -0.39 is 5.82 Å². The molecular weight excluding hydrogens is 274 g/mol. The van der Waals surface area contributed by atoms with E-state index in [1.54, 1.807) is 25.1 Å². The molecule has 0 aromatic heterocycles. The fourth-order valence-electron chi connectivity index (χ4n) is 1.62. The number of halogens is 3. The summed E-state index contributed by atoms with van der Waals surface area (Å²) in [6, 6.07) is 9.06. The molecule has 2 aromatic rings. The van der Waals surface area contributed by atoms with Gasteiger partial charge in [-0.25, -0.2) is 4.39 Å². The third kappa shape index (κ3) is 2.40. The zero-order valence-electron chi connectivity index (χ0n) is 9.51. The van der Waals surface area contributed by atoms with Gasteiger partial charge in [0.05, 0.1) is 5.02 Å². The summed E-state index contributed by atoms with van der Waals surface area (Å²) in [7, 11) is 0. The van der Waals surface area contributed by atoms with Gasteiger partial charge >= 0.3 is 0 Å². The van der Waals surface area contributed by atoms with Crippen LogP contribution in [0, 0.1) is 12.7 Å². The van der Waals surface area contributed by atoms with E-state index in [2.05, 4.69) is 0 Å². The van der Waals surface area contributed by atoms with Crippen molar-refractivity contribution >= 4 is 29.0 Å². The van der Waals surface area contributed by atoms with Gasteiger partial charge in [0.15, 0.2) is 5.78 Å². The fraction of sp³-hybridized carbons (Fsp3) is 0.0714. The number of benzene rings is 2.